The smallest absolute Gasteiger partial charge is 0.303 e. The van der Waals surface area contributed by atoms with Crippen LogP contribution >= 0.6 is 0 Å². The fourth-order valence-electron chi connectivity index (χ4n) is 1.91. The number of methoxy groups -OCH3 is 1. The van der Waals surface area contributed by atoms with Crippen LogP contribution in [0, 0.1) is 13.8 Å². The van der Waals surface area contributed by atoms with Crippen molar-refractivity contribution < 1.29 is 14.6 Å². The Morgan fingerprint density at radius 3 is 2.56 bits per heavy atom. The first kappa shape index (κ1) is 14.5. The molecule has 0 heterocycles. The van der Waals surface area contributed by atoms with E-state index in [2.05, 4.69) is 0 Å². The fraction of sp³-hybridized carbons (Fsp3) is 0.500. The van der Waals surface area contributed by atoms with E-state index in [9.17, 15) is 4.79 Å². The zero-order chi connectivity index (χ0) is 13.7. The molecule has 0 saturated heterocycles. The molecule has 0 fully saturated rings. The van der Waals surface area contributed by atoms with E-state index in [0.717, 1.165) is 16.9 Å². The van der Waals surface area contributed by atoms with Crippen molar-refractivity contribution in [2.45, 2.75) is 39.2 Å². The van der Waals surface area contributed by atoms with Crippen molar-refractivity contribution in [2.75, 3.05) is 7.11 Å². The Labute approximate surface area is 108 Å². The molecule has 0 amide bonds. The molecule has 1 atom stereocenters. The molecule has 3 N–H and O–H groups in total. The molecular weight excluding hydrogens is 230 g/mol. The molecule has 18 heavy (non-hydrogen) atoms. The van der Waals surface area contributed by atoms with Gasteiger partial charge in [-0.2, -0.15) is 0 Å². The van der Waals surface area contributed by atoms with Crippen molar-refractivity contribution in [3.05, 3.63) is 28.8 Å². The van der Waals surface area contributed by atoms with E-state index in [-0.39, 0.29) is 12.5 Å². The van der Waals surface area contributed by atoms with E-state index < -0.39 is 5.97 Å². The molecule has 1 rings (SSSR count). The van der Waals surface area contributed by atoms with Gasteiger partial charge in [-0.05, 0) is 43.9 Å². The highest BCUT2D eigenvalue weighted by atomic mass is 16.5. The lowest BCUT2D eigenvalue weighted by molar-refractivity contribution is -0.137. The maximum atomic E-state index is 10.5. The molecule has 0 radical (unpaired) electrons. The topological polar surface area (TPSA) is 72.5 Å². The van der Waals surface area contributed by atoms with Crippen LogP contribution in [-0.4, -0.2) is 18.2 Å². The minimum atomic E-state index is -0.783. The number of rotatable bonds is 6. The summed E-state index contributed by atoms with van der Waals surface area (Å²) in [5, 5.41) is 8.61. The van der Waals surface area contributed by atoms with E-state index in [1.165, 1.54) is 5.56 Å². The molecule has 0 bridgehead atoms. The summed E-state index contributed by atoms with van der Waals surface area (Å²) < 4.78 is 5.33. The molecule has 4 nitrogen and oxygen atoms in total. The first-order valence-corrected chi connectivity index (χ1v) is 6.08. The van der Waals surface area contributed by atoms with E-state index in [1.54, 1.807) is 7.11 Å². The second-order valence-corrected chi connectivity index (χ2v) is 4.57. The van der Waals surface area contributed by atoms with Crippen LogP contribution in [0.5, 0.6) is 5.75 Å². The van der Waals surface area contributed by atoms with Gasteiger partial charge in [-0.1, -0.05) is 6.07 Å². The highest BCUT2D eigenvalue weighted by molar-refractivity contribution is 5.66. The lowest BCUT2D eigenvalue weighted by Gasteiger charge is -2.17. The third-order valence-electron chi connectivity index (χ3n) is 3.15. The van der Waals surface area contributed by atoms with Crippen LogP contribution in [0.15, 0.2) is 12.1 Å². The number of carbonyl (C=O) groups is 1. The molecule has 0 spiro atoms. The Morgan fingerprint density at radius 1 is 1.39 bits per heavy atom. The average Bonchev–Trinajstić information content (AvgIpc) is 2.31. The van der Waals surface area contributed by atoms with Crippen molar-refractivity contribution in [1.29, 1.82) is 0 Å². The lowest BCUT2D eigenvalue weighted by atomic mass is 9.97. The monoisotopic (exact) mass is 251 g/mol. The van der Waals surface area contributed by atoms with Gasteiger partial charge in [0.05, 0.1) is 7.11 Å². The normalized spacial score (nSPS) is 12.2. The Morgan fingerprint density at radius 2 is 2.00 bits per heavy atom. The molecule has 0 aliphatic rings. The van der Waals surface area contributed by atoms with Crippen LogP contribution in [0.4, 0.5) is 0 Å². The van der Waals surface area contributed by atoms with Gasteiger partial charge in [-0.15, -0.1) is 0 Å². The summed E-state index contributed by atoms with van der Waals surface area (Å²) in [6, 6.07) is 3.82. The minimum Gasteiger partial charge on any atom is -0.496 e. The van der Waals surface area contributed by atoms with Crippen molar-refractivity contribution in [3.8, 4) is 5.75 Å². The molecule has 0 saturated carbocycles. The maximum Gasteiger partial charge on any atom is 0.303 e. The molecule has 0 aliphatic carbocycles. The van der Waals surface area contributed by atoms with Crippen LogP contribution < -0.4 is 10.5 Å². The summed E-state index contributed by atoms with van der Waals surface area (Å²) >= 11 is 0. The Hall–Kier alpha value is -1.55. The minimum absolute atomic E-state index is 0.154. The first-order chi connectivity index (χ1) is 8.45. The van der Waals surface area contributed by atoms with Crippen molar-refractivity contribution in [1.82, 2.24) is 0 Å². The zero-order valence-electron chi connectivity index (χ0n) is 11.2. The van der Waals surface area contributed by atoms with E-state index in [4.69, 9.17) is 15.6 Å². The number of aryl methyl sites for hydroxylation is 2. The van der Waals surface area contributed by atoms with Crippen molar-refractivity contribution >= 4 is 5.97 Å². The molecule has 0 aromatic heterocycles. The quantitative estimate of drug-likeness (QED) is 0.815. The van der Waals surface area contributed by atoms with E-state index in [0.29, 0.717) is 12.8 Å². The highest BCUT2D eigenvalue weighted by Crippen LogP contribution is 2.29. The van der Waals surface area contributed by atoms with E-state index >= 15 is 0 Å². The standard InChI is InChI=1S/C14H21NO3/c1-9-7-11(13(18-3)8-10(9)2)12(15)5-4-6-14(16)17/h7-8,12H,4-6,15H2,1-3H3,(H,16,17). The van der Waals surface area contributed by atoms with Gasteiger partial charge in [-0.25, -0.2) is 0 Å². The molecule has 1 aromatic carbocycles. The number of hydrogen-bond acceptors (Lipinski definition) is 3. The lowest BCUT2D eigenvalue weighted by Crippen LogP contribution is -2.13. The summed E-state index contributed by atoms with van der Waals surface area (Å²) in [6.45, 7) is 4.06. The number of carboxylic acid groups (broad SMARTS) is 1. The number of nitrogens with two attached hydrogens (primary N) is 1. The average molecular weight is 251 g/mol. The molecule has 1 aromatic rings. The van der Waals surface area contributed by atoms with Gasteiger partial charge in [0, 0.05) is 18.0 Å². The number of benzene rings is 1. The van der Waals surface area contributed by atoms with Gasteiger partial charge in [-0.3, -0.25) is 4.79 Å². The second kappa shape index (κ2) is 6.40. The van der Waals surface area contributed by atoms with Crippen LogP contribution in [0.2, 0.25) is 0 Å². The second-order valence-electron chi connectivity index (χ2n) is 4.57. The largest absolute Gasteiger partial charge is 0.496 e. The summed E-state index contributed by atoms with van der Waals surface area (Å²) in [5.41, 5.74) is 9.38. The van der Waals surface area contributed by atoms with Gasteiger partial charge >= 0.3 is 5.97 Å². The SMILES string of the molecule is COc1cc(C)c(C)cc1C(N)CCCC(=O)O. The fourth-order valence-corrected chi connectivity index (χ4v) is 1.91. The Kier molecular flexibility index (Phi) is 5.16. The Bertz CT molecular complexity index is 429. The summed E-state index contributed by atoms with van der Waals surface area (Å²) in [7, 11) is 1.62. The molecular formula is C14H21NO3. The number of aliphatic carboxylic acids is 1. The third kappa shape index (κ3) is 3.74. The number of hydrogen-bond donors (Lipinski definition) is 2. The van der Waals surface area contributed by atoms with Gasteiger partial charge < -0.3 is 15.6 Å². The van der Waals surface area contributed by atoms with Gasteiger partial charge in [0.25, 0.3) is 0 Å². The van der Waals surface area contributed by atoms with Gasteiger partial charge in [0.2, 0.25) is 0 Å². The van der Waals surface area contributed by atoms with Crippen LogP contribution in [0.3, 0.4) is 0 Å². The van der Waals surface area contributed by atoms with Crippen LogP contribution in [0.1, 0.15) is 42.0 Å². The first-order valence-electron chi connectivity index (χ1n) is 6.08. The van der Waals surface area contributed by atoms with Crippen LogP contribution in [0.25, 0.3) is 0 Å². The molecule has 4 heteroatoms. The molecule has 100 valence electrons. The van der Waals surface area contributed by atoms with E-state index in [1.807, 2.05) is 26.0 Å². The Balaban J connectivity index is 2.80. The highest BCUT2D eigenvalue weighted by Gasteiger charge is 2.13. The number of ether oxygens (including phenoxy) is 1. The third-order valence-corrected chi connectivity index (χ3v) is 3.15. The van der Waals surface area contributed by atoms with Crippen molar-refractivity contribution in [3.63, 3.8) is 0 Å². The van der Waals surface area contributed by atoms with Gasteiger partial charge in [0.15, 0.2) is 0 Å². The maximum absolute atomic E-state index is 10.5. The van der Waals surface area contributed by atoms with Crippen molar-refractivity contribution in [2.24, 2.45) is 5.73 Å². The number of carboxylic acids is 1. The van der Waals surface area contributed by atoms with Gasteiger partial charge in [0.1, 0.15) is 5.75 Å². The predicted molar refractivity (Wildman–Crippen MR) is 70.9 cm³/mol. The predicted octanol–water partition coefficient (Wildman–Crippen LogP) is 2.57. The zero-order valence-corrected chi connectivity index (χ0v) is 11.2. The summed E-state index contributed by atoms with van der Waals surface area (Å²) in [5.74, 6) is -0.00447. The summed E-state index contributed by atoms with van der Waals surface area (Å²) in [6.07, 6.45) is 1.37. The van der Waals surface area contributed by atoms with Crippen LogP contribution in [-0.2, 0) is 4.79 Å². The molecule has 0 aliphatic heterocycles. The summed E-state index contributed by atoms with van der Waals surface area (Å²) in [4.78, 5) is 10.5. The molecule has 1 unspecified atom stereocenters.